The Labute approximate surface area is 193 Å². The number of anilines is 2. The summed E-state index contributed by atoms with van der Waals surface area (Å²) >= 11 is 0. The molecule has 1 aliphatic rings. The van der Waals surface area contributed by atoms with E-state index in [4.69, 9.17) is 0 Å². The lowest BCUT2D eigenvalue weighted by molar-refractivity contribution is 0.0960. The quantitative estimate of drug-likeness (QED) is 0.496. The highest BCUT2D eigenvalue weighted by molar-refractivity contribution is 6.03. The fourth-order valence-corrected chi connectivity index (χ4v) is 4.86. The van der Waals surface area contributed by atoms with Gasteiger partial charge in [-0.15, -0.1) is 0 Å². The van der Waals surface area contributed by atoms with Crippen molar-refractivity contribution in [3.8, 4) is 0 Å². The molecule has 0 bridgehead atoms. The zero-order chi connectivity index (χ0) is 24.5. The number of rotatable bonds is 9. The van der Waals surface area contributed by atoms with Crippen LogP contribution in [0.5, 0.6) is 0 Å². The molecule has 1 amide bonds. The van der Waals surface area contributed by atoms with E-state index >= 15 is 8.78 Å². The Morgan fingerprint density at radius 2 is 1.85 bits per heavy atom. The third kappa shape index (κ3) is 4.30. The summed E-state index contributed by atoms with van der Waals surface area (Å²) in [5, 5.41) is 8.02. The Balaban J connectivity index is 2.22. The maximum absolute atomic E-state index is 15.9. The number of carbonyl (C=O) groups is 1. The number of aromatic nitrogens is 1. The predicted octanol–water partition coefficient (Wildman–Crippen LogP) is 3.51. The Hall–Kier alpha value is -2.68. The fourth-order valence-electron chi connectivity index (χ4n) is 4.86. The van der Waals surface area contributed by atoms with Crippen molar-refractivity contribution in [2.24, 2.45) is 0 Å². The van der Waals surface area contributed by atoms with E-state index in [-0.39, 0.29) is 27.8 Å². The summed E-state index contributed by atoms with van der Waals surface area (Å²) in [4.78, 5) is 28.2. The molecule has 0 unspecified atom stereocenters. The zero-order valence-electron chi connectivity index (χ0n) is 20.4. The van der Waals surface area contributed by atoms with E-state index in [1.54, 1.807) is 4.57 Å². The molecule has 33 heavy (non-hydrogen) atoms. The third-order valence-corrected chi connectivity index (χ3v) is 6.50. The van der Waals surface area contributed by atoms with Gasteiger partial charge in [0.1, 0.15) is 11.3 Å². The molecule has 2 heterocycles. The predicted molar refractivity (Wildman–Crippen MR) is 130 cm³/mol. The highest BCUT2D eigenvalue weighted by atomic mass is 19.1. The molecule has 7 nitrogen and oxygen atoms in total. The summed E-state index contributed by atoms with van der Waals surface area (Å²) < 4.78 is 33.1. The van der Waals surface area contributed by atoms with Gasteiger partial charge in [0.05, 0.1) is 16.6 Å². The van der Waals surface area contributed by atoms with Gasteiger partial charge < -0.3 is 25.4 Å². The van der Waals surface area contributed by atoms with Gasteiger partial charge in [0.2, 0.25) is 5.43 Å². The molecule has 1 aliphatic heterocycles. The van der Waals surface area contributed by atoms with Gasteiger partial charge in [0.25, 0.3) is 5.91 Å². The van der Waals surface area contributed by atoms with Crippen molar-refractivity contribution in [3.05, 3.63) is 33.1 Å². The van der Waals surface area contributed by atoms with Crippen LogP contribution >= 0.6 is 0 Å². The molecule has 0 radical (unpaired) electrons. The smallest absolute Gasteiger partial charge is 0.256 e. The molecule has 0 atom stereocenters. The van der Waals surface area contributed by atoms with Crippen molar-refractivity contribution in [2.75, 3.05) is 51.4 Å². The SMILES string of the molecule is CCCN(C)CCCNc1c(F)c(NC)c2c(=O)c(C(=O)NC)c3n(c2c1F)C(C)(C)CC3. The van der Waals surface area contributed by atoms with E-state index in [1.165, 1.54) is 14.1 Å². The first-order chi connectivity index (χ1) is 15.6. The number of carbonyl (C=O) groups excluding carboxylic acids is 1. The monoisotopic (exact) mass is 463 g/mol. The Bertz CT molecular complexity index is 1130. The maximum atomic E-state index is 15.9. The van der Waals surface area contributed by atoms with Crippen molar-refractivity contribution in [1.29, 1.82) is 0 Å². The number of nitrogens with one attached hydrogen (secondary N) is 3. The average molecular weight is 464 g/mol. The molecule has 182 valence electrons. The molecule has 1 aromatic heterocycles. The molecule has 1 aromatic carbocycles. The van der Waals surface area contributed by atoms with Crippen molar-refractivity contribution >= 4 is 28.2 Å². The van der Waals surface area contributed by atoms with Gasteiger partial charge in [-0.2, -0.15) is 0 Å². The molecule has 2 aromatic rings. The number of fused-ring (bicyclic) bond motifs is 3. The van der Waals surface area contributed by atoms with Crippen LogP contribution in [0.2, 0.25) is 0 Å². The van der Waals surface area contributed by atoms with E-state index in [2.05, 4.69) is 27.8 Å². The molecule has 9 heteroatoms. The number of hydrogen-bond donors (Lipinski definition) is 3. The Morgan fingerprint density at radius 1 is 1.15 bits per heavy atom. The summed E-state index contributed by atoms with van der Waals surface area (Å²) in [7, 11) is 4.94. The van der Waals surface area contributed by atoms with Crippen LogP contribution in [-0.4, -0.2) is 56.2 Å². The fraction of sp³-hybridized carbons (Fsp3) is 0.583. The maximum Gasteiger partial charge on any atom is 0.256 e. The van der Waals surface area contributed by atoms with Crippen LogP contribution in [-0.2, 0) is 12.0 Å². The normalized spacial score (nSPS) is 14.6. The minimum absolute atomic E-state index is 0.0292. The topological polar surface area (TPSA) is 78.4 Å². The van der Waals surface area contributed by atoms with Crippen molar-refractivity contribution < 1.29 is 13.6 Å². The standard InChI is InChI=1S/C24H35F2N5O2/c1-7-12-30(6)13-8-11-29-20-17(25)19(27-4)16-21(18(20)26)31-14(9-10-24(31,2)3)15(22(16)32)23(33)28-5/h27,29H,7-13H2,1-6H3,(H,28,33). The van der Waals surface area contributed by atoms with Crippen molar-refractivity contribution in [1.82, 2.24) is 14.8 Å². The molecule has 3 N–H and O–H groups in total. The first-order valence-electron chi connectivity index (χ1n) is 11.6. The van der Waals surface area contributed by atoms with Gasteiger partial charge in [0.15, 0.2) is 11.6 Å². The number of hydrogen-bond acceptors (Lipinski definition) is 5. The second-order valence-electron chi connectivity index (χ2n) is 9.31. The number of pyridine rings is 1. The lowest BCUT2D eigenvalue weighted by Crippen LogP contribution is -2.33. The lowest BCUT2D eigenvalue weighted by atomic mass is 10.0. The molecule has 0 fully saturated rings. The van der Waals surface area contributed by atoms with Crippen LogP contribution in [0.4, 0.5) is 20.2 Å². The first-order valence-corrected chi connectivity index (χ1v) is 11.6. The molecular formula is C24H35F2N5O2. The average Bonchev–Trinajstić information content (AvgIpc) is 3.07. The number of halogens is 2. The minimum atomic E-state index is -0.860. The minimum Gasteiger partial charge on any atom is -0.385 e. The molecule has 0 saturated carbocycles. The summed E-state index contributed by atoms with van der Waals surface area (Å²) in [6, 6.07) is 0. The van der Waals surface area contributed by atoms with Gasteiger partial charge >= 0.3 is 0 Å². The number of benzene rings is 1. The molecular weight excluding hydrogens is 428 g/mol. The van der Waals surface area contributed by atoms with Crippen LogP contribution in [0, 0.1) is 11.6 Å². The Morgan fingerprint density at radius 3 is 2.45 bits per heavy atom. The van der Waals surface area contributed by atoms with Gasteiger partial charge in [-0.3, -0.25) is 9.59 Å². The highest BCUT2D eigenvalue weighted by Crippen LogP contribution is 2.41. The van der Waals surface area contributed by atoms with E-state index < -0.39 is 28.5 Å². The number of nitrogens with zero attached hydrogens (tertiary/aromatic N) is 2. The molecule has 0 spiro atoms. The largest absolute Gasteiger partial charge is 0.385 e. The molecule has 3 rings (SSSR count). The molecule has 0 saturated heterocycles. The molecule has 0 aliphatic carbocycles. The summed E-state index contributed by atoms with van der Waals surface area (Å²) in [5.41, 5.74) is -1.11. The van der Waals surface area contributed by atoms with Gasteiger partial charge in [-0.1, -0.05) is 6.92 Å². The summed E-state index contributed by atoms with van der Waals surface area (Å²) in [6.07, 6.45) is 2.84. The first kappa shape index (κ1) is 25.0. The van der Waals surface area contributed by atoms with E-state index in [0.717, 1.165) is 19.5 Å². The van der Waals surface area contributed by atoms with Crippen LogP contribution < -0.4 is 21.4 Å². The van der Waals surface area contributed by atoms with Gasteiger partial charge in [0, 0.05) is 31.9 Å². The van der Waals surface area contributed by atoms with E-state index in [9.17, 15) is 9.59 Å². The van der Waals surface area contributed by atoms with Gasteiger partial charge in [-0.05, 0) is 59.7 Å². The second kappa shape index (κ2) is 9.67. The van der Waals surface area contributed by atoms with Crippen LogP contribution in [0.1, 0.15) is 56.1 Å². The van der Waals surface area contributed by atoms with Crippen molar-refractivity contribution in [2.45, 2.75) is 52.0 Å². The van der Waals surface area contributed by atoms with E-state index in [1.807, 2.05) is 20.9 Å². The van der Waals surface area contributed by atoms with Crippen LogP contribution in [0.3, 0.4) is 0 Å². The summed E-state index contributed by atoms with van der Waals surface area (Å²) in [6.45, 7) is 8.10. The van der Waals surface area contributed by atoms with Crippen molar-refractivity contribution in [3.63, 3.8) is 0 Å². The highest BCUT2D eigenvalue weighted by Gasteiger charge is 2.38. The zero-order valence-corrected chi connectivity index (χ0v) is 20.4. The summed E-state index contributed by atoms with van der Waals surface area (Å²) in [5.74, 6) is -2.22. The third-order valence-electron chi connectivity index (χ3n) is 6.50. The van der Waals surface area contributed by atoms with Crippen LogP contribution in [0.15, 0.2) is 4.79 Å². The van der Waals surface area contributed by atoms with Crippen LogP contribution in [0.25, 0.3) is 10.9 Å². The Kier molecular flexibility index (Phi) is 7.31. The van der Waals surface area contributed by atoms with Gasteiger partial charge in [-0.25, -0.2) is 8.78 Å². The lowest BCUT2D eigenvalue weighted by Gasteiger charge is -2.28. The number of amides is 1. The van der Waals surface area contributed by atoms with E-state index in [0.29, 0.717) is 31.5 Å². The second-order valence-corrected chi connectivity index (χ2v) is 9.31.